The minimum atomic E-state index is -0.102. The fourth-order valence-corrected chi connectivity index (χ4v) is 2.32. The molecule has 1 saturated carbocycles. The van der Waals surface area contributed by atoms with Crippen molar-refractivity contribution in [2.24, 2.45) is 11.7 Å². The molecule has 0 radical (unpaired) electrons. The highest BCUT2D eigenvalue weighted by Gasteiger charge is 2.33. The summed E-state index contributed by atoms with van der Waals surface area (Å²) in [5, 5.41) is 9.98. The molecule has 1 aromatic carbocycles. The van der Waals surface area contributed by atoms with Gasteiger partial charge in [-0.05, 0) is 30.9 Å². The smallest absolute Gasteiger partial charge is 0.163 e. The van der Waals surface area contributed by atoms with Crippen LogP contribution in [0.15, 0.2) is 16.6 Å². The van der Waals surface area contributed by atoms with E-state index in [0.717, 1.165) is 22.9 Å². The van der Waals surface area contributed by atoms with E-state index in [-0.39, 0.29) is 24.2 Å². The number of hydrogen-bond donors (Lipinski definition) is 2. The highest BCUT2D eigenvalue weighted by Crippen LogP contribution is 2.46. The van der Waals surface area contributed by atoms with Crippen LogP contribution in [-0.4, -0.2) is 12.2 Å². The van der Waals surface area contributed by atoms with E-state index in [0.29, 0.717) is 11.7 Å². The molecule has 0 aliphatic heterocycles. The fourth-order valence-electron chi connectivity index (χ4n) is 1.74. The van der Waals surface area contributed by atoms with Crippen LogP contribution in [0.2, 0.25) is 0 Å². The lowest BCUT2D eigenvalue weighted by Crippen LogP contribution is -2.13. The van der Waals surface area contributed by atoms with Crippen LogP contribution in [0.1, 0.15) is 24.4 Å². The van der Waals surface area contributed by atoms with Crippen molar-refractivity contribution in [2.45, 2.75) is 18.9 Å². The molecule has 1 aliphatic carbocycles. The van der Waals surface area contributed by atoms with Crippen LogP contribution in [0.3, 0.4) is 0 Å². The summed E-state index contributed by atoms with van der Waals surface area (Å²) >= 11 is 3.41. The number of aromatic hydroxyl groups is 1. The van der Waals surface area contributed by atoms with Gasteiger partial charge in [-0.25, -0.2) is 0 Å². The molecule has 90 valence electrons. The number of halogens is 2. The molecule has 0 bridgehead atoms. The van der Waals surface area contributed by atoms with Gasteiger partial charge in [0.2, 0.25) is 0 Å². The van der Waals surface area contributed by atoms with Gasteiger partial charge in [0.05, 0.1) is 7.11 Å². The first-order valence-corrected chi connectivity index (χ1v) is 5.75. The van der Waals surface area contributed by atoms with Crippen LogP contribution in [0.4, 0.5) is 0 Å². The molecule has 3 nitrogen and oxygen atoms in total. The molecule has 0 spiro atoms. The second-order valence-corrected chi connectivity index (χ2v) is 4.73. The van der Waals surface area contributed by atoms with Gasteiger partial charge in [0.25, 0.3) is 0 Å². The van der Waals surface area contributed by atoms with Gasteiger partial charge in [-0.2, -0.15) is 0 Å². The highest BCUT2D eigenvalue weighted by molar-refractivity contribution is 9.10. The fraction of sp³-hybridized carbons (Fsp3) is 0.455. The summed E-state index contributed by atoms with van der Waals surface area (Å²) in [5.41, 5.74) is 6.84. The van der Waals surface area contributed by atoms with E-state index in [1.807, 2.05) is 6.07 Å². The molecule has 0 aromatic heterocycles. The number of methoxy groups -OCH3 is 1. The maximum atomic E-state index is 9.98. The minimum absolute atomic E-state index is 0. The Morgan fingerprint density at radius 3 is 2.62 bits per heavy atom. The highest BCUT2D eigenvalue weighted by atomic mass is 79.9. The van der Waals surface area contributed by atoms with Crippen LogP contribution in [0, 0.1) is 5.92 Å². The van der Waals surface area contributed by atoms with Crippen LogP contribution >= 0.6 is 28.3 Å². The van der Waals surface area contributed by atoms with Crippen LogP contribution in [0.5, 0.6) is 11.5 Å². The Morgan fingerprint density at radius 2 is 2.12 bits per heavy atom. The predicted molar refractivity (Wildman–Crippen MR) is 69.3 cm³/mol. The predicted octanol–water partition coefficient (Wildman–Crippen LogP) is 2.99. The summed E-state index contributed by atoms with van der Waals surface area (Å²) in [7, 11) is 1.54. The lowest BCUT2D eigenvalue weighted by Gasteiger charge is -2.16. The molecule has 1 atom stereocenters. The maximum Gasteiger partial charge on any atom is 0.163 e. The monoisotopic (exact) mass is 307 g/mol. The van der Waals surface area contributed by atoms with Crippen molar-refractivity contribution in [3.05, 3.63) is 22.2 Å². The van der Waals surface area contributed by atoms with Crippen molar-refractivity contribution in [1.29, 1.82) is 0 Å². The van der Waals surface area contributed by atoms with E-state index in [4.69, 9.17) is 10.5 Å². The Balaban J connectivity index is 0.00000128. The maximum absolute atomic E-state index is 9.98. The lowest BCUT2D eigenvalue weighted by atomic mass is 10.0. The quantitative estimate of drug-likeness (QED) is 0.902. The molecule has 3 N–H and O–H groups in total. The van der Waals surface area contributed by atoms with Crippen molar-refractivity contribution in [2.75, 3.05) is 7.11 Å². The van der Waals surface area contributed by atoms with E-state index >= 15 is 0 Å². The van der Waals surface area contributed by atoms with Crippen LogP contribution in [-0.2, 0) is 0 Å². The van der Waals surface area contributed by atoms with Crippen molar-refractivity contribution in [3.8, 4) is 11.5 Å². The molecule has 1 aliphatic rings. The molecule has 5 heteroatoms. The van der Waals surface area contributed by atoms with Gasteiger partial charge in [-0.1, -0.05) is 15.9 Å². The average Bonchev–Trinajstić information content (AvgIpc) is 3.01. The van der Waals surface area contributed by atoms with E-state index in [2.05, 4.69) is 15.9 Å². The molecular formula is C11H15BrClNO2. The van der Waals surface area contributed by atoms with Gasteiger partial charge in [-0.3, -0.25) is 0 Å². The first kappa shape index (κ1) is 13.6. The summed E-state index contributed by atoms with van der Waals surface area (Å²) in [6.07, 6.45) is 2.29. The Hall–Kier alpha value is -0.450. The summed E-state index contributed by atoms with van der Waals surface area (Å²) in [4.78, 5) is 0. The third kappa shape index (κ3) is 2.44. The van der Waals surface area contributed by atoms with Gasteiger partial charge in [0.1, 0.15) is 0 Å². The lowest BCUT2D eigenvalue weighted by molar-refractivity contribution is 0.367. The second kappa shape index (κ2) is 5.25. The number of hydrogen-bond acceptors (Lipinski definition) is 3. The van der Waals surface area contributed by atoms with Crippen molar-refractivity contribution >= 4 is 28.3 Å². The number of ether oxygens (including phenoxy) is 1. The van der Waals surface area contributed by atoms with Crippen molar-refractivity contribution < 1.29 is 9.84 Å². The van der Waals surface area contributed by atoms with Gasteiger partial charge in [-0.15, -0.1) is 12.4 Å². The molecule has 1 fully saturated rings. The third-order valence-corrected chi connectivity index (χ3v) is 3.50. The Bertz CT molecular complexity index is 382. The minimum Gasteiger partial charge on any atom is -0.504 e. The molecule has 0 saturated heterocycles. The zero-order valence-corrected chi connectivity index (χ0v) is 11.3. The molecule has 2 rings (SSSR count). The van der Waals surface area contributed by atoms with Gasteiger partial charge in [0, 0.05) is 16.1 Å². The first-order chi connectivity index (χ1) is 7.15. The van der Waals surface area contributed by atoms with Crippen molar-refractivity contribution in [3.63, 3.8) is 0 Å². The molecule has 0 heterocycles. The zero-order chi connectivity index (χ0) is 11.0. The van der Waals surface area contributed by atoms with E-state index in [1.165, 1.54) is 7.11 Å². The number of benzene rings is 1. The van der Waals surface area contributed by atoms with E-state index < -0.39 is 0 Å². The molecule has 0 amide bonds. The van der Waals surface area contributed by atoms with Gasteiger partial charge < -0.3 is 15.6 Å². The average molecular weight is 309 g/mol. The molecule has 0 unspecified atom stereocenters. The molecule has 16 heavy (non-hydrogen) atoms. The number of rotatable bonds is 3. The second-order valence-electron chi connectivity index (χ2n) is 3.88. The number of phenols is 1. The summed E-state index contributed by atoms with van der Waals surface area (Å²) in [6.45, 7) is 0. The molecular weight excluding hydrogens is 293 g/mol. The van der Waals surface area contributed by atoms with Crippen LogP contribution in [0.25, 0.3) is 0 Å². The normalized spacial score (nSPS) is 16.4. The van der Waals surface area contributed by atoms with Gasteiger partial charge >= 0.3 is 0 Å². The molecule has 1 aromatic rings. The first-order valence-electron chi connectivity index (χ1n) is 4.96. The van der Waals surface area contributed by atoms with Crippen molar-refractivity contribution in [1.82, 2.24) is 0 Å². The Morgan fingerprint density at radius 1 is 1.50 bits per heavy atom. The standard InChI is InChI=1S/C11H14BrNO2.ClH/c1-15-8-5-4-7(12)9(11(8)14)10(13)6-2-3-6;/h4-6,10,14H,2-3,13H2,1H3;1H/t10-;/m0./s1. The SMILES string of the molecule is COc1ccc(Br)c([C@@H](N)C2CC2)c1O.Cl. The Kier molecular flexibility index (Phi) is 4.47. The largest absolute Gasteiger partial charge is 0.504 e. The summed E-state index contributed by atoms with van der Waals surface area (Å²) in [6, 6.07) is 3.48. The topological polar surface area (TPSA) is 55.5 Å². The third-order valence-electron chi connectivity index (χ3n) is 2.81. The van der Waals surface area contributed by atoms with E-state index in [9.17, 15) is 5.11 Å². The Labute approximate surface area is 110 Å². The zero-order valence-electron chi connectivity index (χ0n) is 8.94. The number of phenolic OH excluding ortho intramolecular Hbond substituents is 1. The summed E-state index contributed by atoms with van der Waals surface area (Å²) in [5.74, 6) is 1.13. The van der Waals surface area contributed by atoms with Gasteiger partial charge in [0.15, 0.2) is 11.5 Å². The van der Waals surface area contributed by atoms with E-state index in [1.54, 1.807) is 6.07 Å². The number of nitrogens with two attached hydrogens (primary N) is 1. The summed E-state index contributed by atoms with van der Waals surface area (Å²) < 4.78 is 5.91. The van der Waals surface area contributed by atoms with Crippen LogP contribution < -0.4 is 10.5 Å².